The molecule has 0 unspecified atom stereocenters. The van der Waals surface area contributed by atoms with Crippen LogP contribution < -0.4 is 5.73 Å². The number of rotatable bonds is 1. The topological polar surface area (TPSA) is 38.9 Å². The van der Waals surface area contributed by atoms with E-state index in [1.54, 1.807) is 12.4 Å². The van der Waals surface area contributed by atoms with Gasteiger partial charge < -0.3 is 5.73 Å². The van der Waals surface area contributed by atoms with Crippen LogP contribution in [0.3, 0.4) is 0 Å². The lowest BCUT2D eigenvalue weighted by Gasteiger charge is -2.08. The van der Waals surface area contributed by atoms with Gasteiger partial charge in [-0.2, -0.15) is 0 Å². The molecular weight excluding hydrogens is 208 g/mol. The molecule has 2 aromatic rings. The fraction of sp³-hybridized carbons (Fsp3) is 0.0833. The highest BCUT2D eigenvalue weighted by atomic mass is 35.5. The van der Waals surface area contributed by atoms with E-state index in [0.717, 1.165) is 21.7 Å². The molecule has 76 valence electrons. The van der Waals surface area contributed by atoms with Gasteiger partial charge >= 0.3 is 0 Å². The van der Waals surface area contributed by atoms with Gasteiger partial charge in [0.25, 0.3) is 0 Å². The molecule has 0 spiro atoms. The first kappa shape index (κ1) is 9.99. The SMILES string of the molecule is Cc1cncc(N)c1-c1ccc(Cl)cc1. The number of aromatic nitrogens is 1. The lowest BCUT2D eigenvalue weighted by Crippen LogP contribution is -1.94. The summed E-state index contributed by atoms with van der Waals surface area (Å²) in [6.07, 6.45) is 3.47. The summed E-state index contributed by atoms with van der Waals surface area (Å²) >= 11 is 5.84. The van der Waals surface area contributed by atoms with Gasteiger partial charge in [0.2, 0.25) is 0 Å². The monoisotopic (exact) mass is 218 g/mol. The van der Waals surface area contributed by atoms with E-state index >= 15 is 0 Å². The molecule has 0 radical (unpaired) electrons. The third-order valence-corrected chi connectivity index (χ3v) is 2.55. The van der Waals surface area contributed by atoms with Crippen LogP contribution in [0.2, 0.25) is 5.02 Å². The van der Waals surface area contributed by atoms with Crippen molar-refractivity contribution in [2.45, 2.75) is 6.92 Å². The lowest BCUT2D eigenvalue weighted by molar-refractivity contribution is 1.27. The Kier molecular flexibility index (Phi) is 2.60. The van der Waals surface area contributed by atoms with Crippen molar-refractivity contribution in [3.05, 3.63) is 47.2 Å². The number of nitrogens with two attached hydrogens (primary N) is 1. The van der Waals surface area contributed by atoms with Crippen molar-refractivity contribution in [1.82, 2.24) is 4.98 Å². The maximum atomic E-state index is 5.90. The third kappa shape index (κ3) is 1.95. The normalized spacial score (nSPS) is 10.3. The van der Waals surface area contributed by atoms with E-state index < -0.39 is 0 Å². The van der Waals surface area contributed by atoms with Gasteiger partial charge in [0.05, 0.1) is 11.9 Å². The Bertz CT molecular complexity index is 457. The molecule has 2 nitrogen and oxygen atoms in total. The smallest absolute Gasteiger partial charge is 0.0582 e. The van der Waals surface area contributed by atoms with Gasteiger partial charge in [-0.05, 0) is 30.2 Å². The second-order valence-electron chi connectivity index (χ2n) is 3.43. The summed E-state index contributed by atoms with van der Waals surface area (Å²) in [4.78, 5) is 4.04. The maximum Gasteiger partial charge on any atom is 0.0582 e. The van der Waals surface area contributed by atoms with Crippen LogP contribution in [0.4, 0.5) is 5.69 Å². The van der Waals surface area contributed by atoms with Crippen LogP contribution in [-0.2, 0) is 0 Å². The highest BCUT2D eigenvalue weighted by molar-refractivity contribution is 6.30. The molecular formula is C12H11ClN2. The van der Waals surface area contributed by atoms with Gasteiger partial charge in [-0.1, -0.05) is 23.7 Å². The van der Waals surface area contributed by atoms with Crippen molar-refractivity contribution in [3.63, 3.8) is 0 Å². The van der Waals surface area contributed by atoms with Crippen molar-refractivity contribution < 1.29 is 0 Å². The number of pyridine rings is 1. The van der Waals surface area contributed by atoms with Crippen LogP contribution >= 0.6 is 11.6 Å². The number of anilines is 1. The summed E-state index contributed by atoms with van der Waals surface area (Å²) in [6.45, 7) is 1.99. The Morgan fingerprint density at radius 2 is 1.80 bits per heavy atom. The molecule has 0 aliphatic heterocycles. The Balaban J connectivity index is 2.58. The molecule has 0 bridgehead atoms. The van der Waals surface area contributed by atoms with Crippen molar-refractivity contribution in [1.29, 1.82) is 0 Å². The van der Waals surface area contributed by atoms with Crippen molar-refractivity contribution in [2.24, 2.45) is 0 Å². The molecule has 0 saturated heterocycles. The molecule has 1 heterocycles. The number of hydrogen-bond donors (Lipinski definition) is 1. The quantitative estimate of drug-likeness (QED) is 0.798. The van der Waals surface area contributed by atoms with Gasteiger partial charge in [-0.25, -0.2) is 0 Å². The highest BCUT2D eigenvalue weighted by Gasteiger charge is 2.05. The number of aryl methyl sites for hydroxylation is 1. The van der Waals surface area contributed by atoms with Crippen LogP contribution in [0.15, 0.2) is 36.7 Å². The Hall–Kier alpha value is -1.54. The molecule has 3 heteroatoms. The first-order valence-corrected chi connectivity index (χ1v) is 5.02. The summed E-state index contributed by atoms with van der Waals surface area (Å²) in [7, 11) is 0. The van der Waals surface area contributed by atoms with Gasteiger partial charge in [-0.15, -0.1) is 0 Å². The summed E-state index contributed by atoms with van der Waals surface area (Å²) in [5.74, 6) is 0. The largest absolute Gasteiger partial charge is 0.397 e. The minimum absolute atomic E-state index is 0.692. The number of nitrogens with zero attached hydrogens (tertiary/aromatic N) is 1. The van der Waals surface area contributed by atoms with E-state index in [0.29, 0.717) is 5.69 Å². The number of nitrogen functional groups attached to an aromatic ring is 1. The molecule has 0 amide bonds. The van der Waals surface area contributed by atoms with Crippen molar-refractivity contribution in [3.8, 4) is 11.1 Å². The van der Waals surface area contributed by atoms with Crippen LogP contribution in [0.1, 0.15) is 5.56 Å². The molecule has 2 rings (SSSR count). The average molecular weight is 219 g/mol. The first-order chi connectivity index (χ1) is 7.18. The standard InChI is InChI=1S/C12H11ClN2/c1-8-6-15-7-11(14)12(8)9-2-4-10(13)5-3-9/h2-7H,14H2,1H3. The predicted octanol–water partition coefficient (Wildman–Crippen LogP) is 3.29. The zero-order chi connectivity index (χ0) is 10.8. The fourth-order valence-electron chi connectivity index (χ4n) is 1.60. The maximum absolute atomic E-state index is 5.90. The lowest BCUT2D eigenvalue weighted by atomic mass is 10.0. The molecule has 0 atom stereocenters. The van der Waals surface area contributed by atoms with E-state index in [9.17, 15) is 0 Å². The van der Waals surface area contributed by atoms with Gasteiger partial charge in [0, 0.05) is 16.8 Å². The molecule has 0 fully saturated rings. The predicted molar refractivity (Wildman–Crippen MR) is 63.8 cm³/mol. The molecule has 2 N–H and O–H groups in total. The Morgan fingerprint density at radius 1 is 1.13 bits per heavy atom. The summed E-state index contributed by atoms with van der Waals surface area (Å²) in [5.41, 5.74) is 9.75. The van der Waals surface area contributed by atoms with E-state index in [1.807, 2.05) is 31.2 Å². The van der Waals surface area contributed by atoms with Crippen LogP contribution in [-0.4, -0.2) is 4.98 Å². The number of benzene rings is 1. The minimum atomic E-state index is 0.692. The Labute approximate surface area is 93.7 Å². The van der Waals surface area contributed by atoms with Crippen molar-refractivity contribution >= 4 is 17.3 Å². The van der Waals surface area contributed by atoms with E-state index in [-0.39, 0.29) is 0 Å². The highest BCUT2D eigenvalue weighted by Crippen LogP contribution is 2.29. The molecule has 1 aromatic heterocycles. The molecule has 0 aliphatic rings. The molecule has 0 saturated carbocycles. The second kappa shape index (κ2) is 3.91. The minimum Gasteiger partial charge on any atom is -0.397 e. The van der Waals surface area contributed by atoms with Crippen LogP contribution in [0.5, 0.6) is 0 Å². The molecule has 0 aliphatic carbocycles. The number of hydrogen-bond acceptors (Lipinski definition) is 2. The van der Waals surface area contributed by atoms with E-state index in [2.05, 4.69) is 4.98 Å². The van der Waals surface area contributed by atoms with Gasteiger partial charge in [-0.3, -0.25) is 4.98 Å². The third-order valence-electron chi connectivity index (χ3n) is 2.30. The summed E-state index contributed by atoms with van der Waals surface area (Å²) < 4.78 is 0. The average Bonchev–Trinajstić information content (AvgIpc) is 2.20. The summed E-state index contributed by atoms with van der Waals surface area (Å²) in [5, 5.41) is 0.726. The second-order valence-corrected chi connectivity index (χ2v) is 3.86. The first-order valence-electron chi connectivity index (χ1n) is 4.64. The van der Waals surface area contributed by atoms with E-state index in [1.165, 1.54) is 0 Å². The Morgan fingerprint density at radius 3 is 2.40 bits per heavy atom. The van der Waals surface area contributed by atoms with Crippen LogP contribution in [0.25, 0.3) is 11.1 Å². The van der Waals surface area contributed by atoms with Gasteiger partial charge in [0.1, 0.15) is 0 Å². The van der Waals surface area contributed by atoms with Crippen molar-refractivity contribution in [2.75, 3.05) is 5.73 Å². The summed E-state index contributed by atoms with van der Waals surface area (Å²) in [6, 6.07) is 7.63. The zero-order valence-electron chi connectivity index (χ0n) is 8.37. The molecule has 15 heavy (non-hydrogen) atoms. The molecule has 1 aromatic carbocycles. The zero-order valence-corrected chi connectivity index (χ0v) is 9.12. The fourth-order valence-corrected chi connectivity index (χ4v) is 1.72. The number of halogens is 1. The van der Waals surface area contributed by atoms with Gasteiger partial charge in [0.15, 0.2) is 0 Å². The van der Waals surface area contributed by atoms with Crippen LogP contribution in [0, 0.1) is 6.92 Å². The van der Waals surface area contributed by atoms with E-state index in [4.69, 9.17) is 17.3 Å².